The van der Waals surface area contributed by atoms with E-state index < -0.39 is 0 Å². The maximum absolute atomic E-state index is 11.2. The Labute approximate surface area is 78.3 Å². The summed E-state index contributed by atoms with van der Waals surface area (Å²) in [6.45, 7) is 4.60. The smallest absolute Gasteiger partial charge is 0.226 e. The van der Waals surface area contributed by atoms with E-state index in [4.69, 9.17) is 0 Å². The quantitative estimate of drug-likeness (QED) is 0.630. The number of hydrogen-bond donors (Lipinski definition) is 1. The van der Waals surface area contributed by atoms with E-state index in [-0.39, 0.29) is 17.9 Å². The van der Waals surface area contributed by atoms with Crippen LogP contribution in [0.1, 0.15) is 26.7 Å². The number of nitrogens with one attached hydrogen (secondary N) is 1. The van der Waals surface area contributed by atoms with E-state index in [0.717, 1.165) is 25.9 Å². The lowest BCUT2D eigenvalue weighted by molar-refractivity contribution is -0.145. The third kappa shape index (κ3) is 2.52. The van der Waals surface area contributed by atoms with Gasteiger partial charge in [0.1, 0.15) is 0 Å². The molecule has 13 heavy (non-hydrogen) atoms. The average Bonchev–Trinajstić information content (AvgIpc) is 2.04. The molecule has 1 unspecified atom stereocenters. The van der Waals surface area contributed by atoms with E-state index in [0.29, 0.717) is 0 Å². The van der Waals surface area contributed by atoms with Crippen LogP contribution in [0.2, 0.25) is 0 Å². The Morgan fingerprint density at radius 2 is 1.92 bits per heavy atom. The topological polar surface area (TPSA) is 49.4 Å². The maximum Gasteiger partial charge on any atom is 0.226 e. The SMILES string of the molecule is CC(=O)N(C(C)=O)C1CCCNC1. The van der Waals surface area contributed by atoms with Crippen LogP contribution in [0.3, 0.4) is 0 Å². The van der Waals surface area contributed by atoms with Crippen LogP contribution < -0.4 is 5.32 Å². The monoisotopic (exact) mass is 184 g/mol. The van der Waals surface area contributed by atoms with Crippen molar-refractivity contribution in [3.8, 4) is 0 Å². The Morgan fingerprint density at radius 1 is 1.31 bits per heavy atom. The van der Waals surface area contributed by atoms with Crippen LogP contribution in [0.15, 0.2) is 0 Å². The molecular weight excluding hydrogens is 168 g/mol. The van der Waals surface area contributed by atoms with Gasteiger partial charge in [0.25, 0.3) is 0 Å². The van der Waals surface area contributed by atoms with Crippen LogP contribution in [0, 0.1) is 0 Å². The molecule has 1 N–H and O–H groups in total. The summed E-state index contributed by atoms with van der Waals surface area (Å²) in [7, 11) is 0. The number of imide groups is 1. The summed E-state index contributed by atoms with van der Waals surface area (Å²) in [5.74, 6) is -0.303. The highest BCUT2D eigenvalue weighted by Crippen LogP contribution is 2.10. The van der Waals surface area contributed by atoms with Gasteiger partial charge in [0.05, 0.1) is 6.04 Å². The van der Waals surface area contributed by atoms with E-state index in [9.17, 15) is 9.59 Å². The lowest BCUT2D eigenvalue weighted by Gasteiger charge is -2.31. The Hall–Kier alpha value is -0.900. The fourth-order valence-electron chi connectivity index (χ4n) is 1.79. The second-order valence-corrected chi connectivity index (χ2v) is 3.41. The van der Waals surface area contributed by atoms with Crippen molar-refractivity contribution in [3.05, 3.63) is 0 Å². The zero-order chi connectivity index (χ0) is 9.84. The van der Waals surface area contributed by atoms with Crippen molar-refractivity contribution in [1.82, 2.24) is 10.2 Å². The Kier molecular flexibility index (Phi) is 3.42. The average molecular weight is 184 g/mol. The number of hydrogen-bond acceptors (Lipinski definition) is 3. The van der Waals surface area contributed by atoms with Crippen molar-refractivity contribution in [2.75, 3.05) is 13.1 Å². The normalized spacial score (nSPS) is 22.5. The van der Waals surface area contributed by atoms with Crippen molar-refractivity contribution in [2.45, 2.75) is 32.7 Å². The molecule has 74 valence electrons. The first kappa shape index (κ1) is 10.2. The summed E-state index contributed by atoms with van der Waals surface area (Å²) in [6.07, 6.45) is 1.95. The number of piperidine rings is 1. The maximum atomic E-state index is 11.2. The Balaban J connectivity index is 2.62. The molecule has 1 heterocycles. The molecule has 0 saturated carbocycles. The van der Waals surface area contributed by atoms with Gasteiger partial charge >= 0.3 is 0 Å². The first-order valence-electron chi connectivity index (χ1n) is 4.64. The minimum atomic E-state index is -0.152. The zero-order valence-corrected chi connectivity index (χ0v) is 8.17. The van der Waals surface area contributed by atoms with Gasteiger partial charge in [0.15, 0.2) is 0 Å². The van der Waals surface area contributed by atoms with Crippen LogP contribution in [0.5, 0.6) is 0 Å². The van der Waals surface area contributed by atoms with Gasteiger partial charge in [-0.05, 0) is 19.4 Å². The molecule has 1 atom stereocenters. The van der Waals surface area contributed by atoms with Crippen molar-refractivity contribution < 1.29 is 9.59 Å². The molecule has 1 fully saturated rings. The molecule has 1 aliphatic rings. The van der Waals surface area contributed by atoms with Gasteiger partial charge in [-0.1, -0.05) is 0 Å². The lowest BCUT2D eigenvalue weighted by Crippen LogP contribution is -2.49. The zero-order valence-electron chi connectivity index (χ0n) is 8.17. The molecule has 0 aromatic rings. The summed E-state index contributed by atoms with van der Waals surface area (Å²) < 4.78 is 0. The third-order valence-electron chi connectivity index (χ3n) is 2.31. The minimum Gasteiger partial charge on any atom is -0.315 e. The first-order valence-corrected chi connectivity index (χ1v) is 4.64. The van der Waals surface area contributed by atoms with Crippen LogP contribution in [0.25, 0.3) is 0 Å². The third-order valence-corrected chi connectivity index (χ3v) is 2.31. The summed E-state index contributed by atoms with van der Waals surface area (Å²) in [5.41, 5.74) is 0. The highest BCUT2D eigenvalue weighted by atomic mass is 16.2. The van der Waals surface area contributed by atoms with Crippen molar-refractivity contribution in [3.63, 3.8) is 0 Å². The fourth-order valence-corrected chi connectivity index (χ4v) is 1.79. The van der Waals surface area contributed by atoms with Gasteiger partial charge in [-0.25, -0.2) is 0 Å². The van der Waals surface area contributed by atoms with Gasteiger partial charge in [0, 0.05) is 20.4 Å². The van der Waals surface area contributed by atoms with E-state index in [1.54, 1.807) is 0 Å². The van der Waals surface area contributed by atoms with Crippen LogP contribution in [-0.2, 0) is 9.59 Å². The van der Waals surface area contributed by atoms with Crippen molar-refractivity contribution in [2.24, 2.45) is 0 Å². The number of nitrogens with zero attached hydrogens (tertiary/aromatic N) is 1. The highest BCUT2D eigenvalue weighted by Gasteiger charge is 2.25. The molecular formula is C9H16N2O2. The Bertz CT molecular complexity index is 196. The lowest BCUT2D eigenvalue weighted by atomic mass is 10.1. The summed E-state index contributed by atoms with van der Waals surface area (Å²) in [5, 5.41) is 3.18. The molecule has 0 aromatic carbocycles. The van der Waals surface area contributed by atoms with E-state index in [1.807, 2.05) is 0 Å². The molecule has 0 radical (unpaired) electrons. The van der Waals surface area contributed by atoms with Gasteiger partial charge in [0.2, 0.25) is 11.8 Å². The van der Waals surface area contributed by atoms with Gasteiger partial charge in [-0.15, -0.1) is 0 Å². The molecule has 0 spiro atoms. The van der Waals surface area contributed by atoms with Crippen molar-refractivity contribution >= 4 is 11.8 Å². The van der Waals surface area contributed by atoms with E-state index in [2.05, 4.69) is 5.32 Å². The summed E-state index contributed by atoms with van der Waals surface area (Å²) in [6, 6.07) is 0.0590. The summed E-state index contributed by atoms with van der Waals surface area (Å²) in [4.78, 5) is 23.7. The molecule has 2 amide bonds. The number of carbonyl (C=O) groups excluding carboxylic acids is 2. The second kappa shape index (κ2) is 4.37. The second-order valence-electron chi connectivity index (χ2n) is 3.41. The first-order chi connectivity index (χ1) is 6.13. The standard InChI is InChI=1S/C9H16N2O2/c1-7(12)11(8(2)13)9-4-3-5-10-6-9/h9-10H,3-6H2,1-2H3. The van der Waals surface area contributed by atoms with Gasteiger partial charge in [-0.3, -0.25) is 14.5 Å². The predicted molar refractivity (Wildman–Crippen MR) is 49.1 cm³/mol. The molecule has 0 aromatic heterocycles. The van der Waals surface area contributed by atoms with Crippen LogP contribution in [-0.4, -0.2) is 35.8 Å². The molecule has 1 saturated heterocycles. The predicted octanol–water partition coefficient (Wildman–Crippen LogP) is 0.133. The molecule has 1 aliphatic heterocycles. The number of rotatable bonds is 1. The van der Waals surface area contributed by atoms with E-state index in [1.165, 1.54) is 18.7 Å². The van der Waals surface area contributed by atoms with Gasteiger partial charge < -0.3 is 5.32 Å². The molecule has 1 rings (SSSR count). The summed E-state index contributed by atoms with van der Waals surface area (Å²) >= 11 is 0. The minimum absolute atomic E-state index is 0.0590. The van der Waals surface area contributed by atoms with Gasteiger partial charge in [-0.2, -0.15) is 0 Å². The highest BCUT2D eigenvalue weighted by molar-refractivity contribution is 5.93. The largest absolute Gasteiger partial charge is 0.315 e. The molecule has 4 nitrogen and oxygen atoms in total. The van der Waals surface area contributed by atoms with E-state index >= 15 is 0 Å². The molecule has 0 aliphatic carbocycles. The van der Waals surface area contributed by atoms with Crippen molar-refractivity contribution in [1.29, 1.82) is 0 Å². The van der Waals surface area contributed by atoms with Crippen LogP contribution >= 0.6 is 0 Å². The number of carbonyl (C=O) groups is 2. The molecule has 0 bridgehead atoms. The Morgan fingerprint density at radius 3 is 2.31 bits per heavy atom. The van der Waals surface area contributed by atoms with Crippen LogP contribution in [0.4, 0.5) is 0 Å². The number of amides is 2. The fraction of sp³-hybridized carbons (Fsp3) is 0.778. The molecule has 4 heteroatoms.